The van der Waals surface area contributed by atoms with Gasteiger partial charge in [0.05, 0.1) is 6.20 Å². The Kier molecular flexibility index (Phi) is 4.18. The maximum absolute atomic E-state index is 12.0. The summed E-state index contributed by atoms with van der Waals surface area (Å²) in [5.74, 6) is 2.53. The first-order chi connectivity index (χ1) is 13.7. The fraction of sp³-hybridized carbons (Fsp3) is 0.450. The molecule has 0 aromatic carbocycles. The van der Waals surface area contributed by atoms with E-state index < -0.39 is 0 Å². The van der Waals surface area contributed by atoms with Gasteiger partial charge in [0.1, 0.15) is 22.5 Å². The van der Waals surface area contributed by atoms with Crippen LogP contribution in [0.25, 0.3) is 18.3 Å². The van der Waals surface area contributed by atoms with Crippen LogP contribution in [0.4, 0.5) is 11.6 Å². The molecule has 2 aliphatic carbocycles. The molecule has 0 spiro atoms. The topological polar surface area (TPSA) is 103 Å². The first kappa shape index (κ1) is 17.1. The fourth-order valence-corrected chi connectivity index (χ4v) is 3.84. The average Bonchev–Trinajstić information content (AvgIpc) is 3.03. The normalized spacial score (nSPS) is 18.2. The zero-order chi connectivity index (χ0) is 19.1. The maximum Gasteiger partial charge on any atom is 0.273 e. The van der Waals surface area contributed by atoms with Gasteiger partial charge in [-0.05, 0) is 37.7 Å². The van der Waals surface area contributed by atoms with Crippen molar-refractivity contribution in [2.24, 2.45) is 5.92 Å². The van der Waals surface area contributed by atoms with Crippen LogP contribution < -0.4 is 27.0 Å². The lowest BCUT2D eigenvalue weighted by Crippen LogP contribution is -2.22. The number of aromatic nitrogens is 5. The molecule has 5 rings (SSSR count). The third-order valence-electron chi connectivity index (χ3n) is 5.57. The van der Waals surface area contributed by atoms with E-state index in [1.54, 1.807) is 12.3 Å². The molecular formula is C20H25N7O. The maximum atomic E-state index is 12.0. The Morgan fingerprint density at radius 1 is 1.25 bits per heavy atom. The molecule has 8 nitrogen and oxygen atoms in total. The number of hydrogen-bond donors (Lipinski definition) is 4. The van der Waals surface area contributed by atoms with E-state index >= 15 is 0 Å². The van der Waals surface area contributed by atoms with Crippen molar-refractivity contribution in [2.75, 3.05) is 17.2 Å². The summed E-state index contributed by atoms with van der Waals surface area (Å²) in [6.07, 6.45) is 11.0. The van der Waals surface area contributed by atoms with Gasteiger partial charge >= 0.3 is 0 Å². The Hall–Kier alpha value is -3.03. The molecule has 28 heavy (non-hydrogen) atoms. The smallest absolute Gasteiger partial charge is 0.273 e. The minimum atomic E-state index is -0.198. The van der Waals surface area contributed by atoms with Crippen molar-refractivity contribution >= 4 is 29.9 Å². The third kappa shape index (κ3) is 3.42. The van der Waals surface area contributed by atoms with Crippen LogP contribution in [0, 0.1) is 5.92 Å². The van der Waals surface area contributed by atoms with E-state index in [1.807, 2.05) is 10.6 Å². The van der Waals surface area contributed by atoms with Gasteiger partial charge in [-0.1, -0.05) is 19.4 Å². The molecule has 0 atom stereocenters. The van der Waals surface area contributed by atoms with E-state index in [9.17, 15) is 4.79 Å². The number of imidazole rings is 1. The van der Waals surface area contributed by atoms with Crippen molar-refractivity contribution in [3.05, 3.63) is 39.0 Å². The summed E-state index contributed by atoms with van der Waals surface area (Å²) in [6, 6.07) is 2.52. The number of H-pyrrole nitrogens is 2. The summed E-state index contributed by atoms with van der Waals surface area (Å²) in [5.41, 5.74) is 1.80. The van der Waals surface area contributed by atoms with Gasteiger partial charge < -0.3 is 20.6 Å². The van der Waals surface area contributed by atoms with Crippen LogP contribution in [0.15, 0.2) is 17.1 Å². The van der Waals surface area contributed by atoms with Crippen LogP contribution in [0.3, 0.4) is 0 Å². The molecule has 0 bridgehead atoms. The molecule has 3 heterocycles. The van der Waals surface area contributed by atoms with Gasteiger partial charge in [-0.15, -0.1) is 0 Å². The summed E-state index contributed by atoms with van der Waals surface area (Å²) < 4.78 is 1.82. The van der Waals surface area contributed by atoms with E-state index in [0.29, 0.717) is 16.9 Å². The summed E-state index contributed by atoms with van der Waals surface area (Å²) in [6.45, 7) is 4.68. The lowest BCUT2D eigenvalue weighted by atomic mass is 10.2. The lowest BCUT2D eigenvalue weighted by molar-refractivity contribution is 0.749. The molecule has 0 aliphatic heterocycles. The van der Waals surface area contributed by atoms with Gasteiger partial charge in [-0.2, -0.15) is 9.61 Å². The fourth-order valence-electron chi connectivity index (χ4n) is 3.84. The Balaban J connectivity index is 1.57. The van der Waals surface area contributed by atoms with Crippen LogP contribution in [-0.2, 0) is 0 Å². The summed E-state index contributed by atoms with van der Waals surface area (Å²) in [5, 5.41) is 12.1. The number of anilines is 2. The Bertz CT molecular complexity index is 1160. The first-order valence-corrected chi connectivity index (χ1v) is 10.0. The molecular weight excluding hydrogens is 354 g/mol. The van der Waals surface area contributed by atoms with Crippen LogP contribution in [0.1, 0.15) is 44.1 Å². The highest BCUT2D eigenvalue weighted by molar-refractivity contribution is 5.69. The van der Waals surface area contributed by atoms with Gasteiger partial charge in [0.2, 0.25) is 0 Å². The Labute approximate surface area is 161 Å². The molecule has 8 heteroatoms. The SMILES string of the molecule is C=c1[nH]c(=O)/c(=C/c2cnn3c(NCC4CC4)cc(NC4CCCC4)nc23)[nH]1. The number of fused-ring (bicyclic) bond motifs is 1. The van der Waals surface area contributed by atoms with Gasteiger partial charge in [0.15, 0.2) is 5.65 Å². The summed E-state index contributed by atoms with van der Waals surface area (Å²) in [7, 11) is 0. The van der Waals surface area contributed by atoms with Crippen molar-refractivity contribution in [1.82, 2.24) is 24.6 Å². The predicted octanol–water partition coefficient (Wildman–Crippen LogP) is 1.16. The Morgan fingerprint density at radius 2 is 2.07 bits per heavy atom. The van der Waals surface area contributed by atoms with E-state index in [1.165, 1.54) is 38.5 Å². The molecule has 2 aliphatic rings. The van der Waals surface area contributed by atoms with E-state index in [0.717, 1.165) is 35.3 Å². The van der Waals surface area contributed by atoms with Gasteiger partial charge in [-0.25, -0.2) is 4.98 Å². The number of hydrogen-bond acceptors (Lipinski definition) is 5. The second-order valence-electron chi connectivity index (χ2n) is 7.93. The van der Waals surface area contributed by atoms with Crippen molar-refractivity contribution in [3.8, 4) is 0 Å². The second-order valence-corrected chi connectivity index (χ2v) is 7.93. The van der Waals surface area contributed by atoms with E-state index in [2.05, 4.69) is 32.3 Å². The number of nitrogens with one attached hydrogen (secondary N) is 4. The molecule has 2 saturated carbocycles. The van der Waals surface area contributed by atoms with E-state index in [4.69, 9.17) is 4.98 Å². The second kappa shape index (κ2) is 6.85. The first-order valence-electron chi connectivity index (χ1n) is 10.0. The Morgan fingerprint density at radius 3 is 2.79 bits per heavy atom. The minimum Gasteiger partial charge on any atom is -0.370 e. The third-order valence-corrected chi connectivity index (χ3v) is 5.57. The number of nitrogens with zero attached hydrogens (tertiary/aromatic N) is 3. The lowest BCUT2D eigenvalue weighted by Gasteiger charge is -2.15. The summed E-state index contributed by atoms with van der Waals surface area (Å²) >= 11 is 0. The van der Waals surface area contributed by atoms with Crippen molar-refractivity contribution in [1.29, 1.82) is 0 Å². The minimum absolute atomic E-state index is 0.198. The summed E-state index contributed by atoms with van der Waals surface area (Å²) in [4.78, 5) is 22.4. The quantitative estimate of drug-likeness (QED) is 0.515. The molecule has 2 fully saturated rings. The monoisotopic (exact) mass is 379 g/mol. The number of rotatable bonds is 6. The molecule has 0 radical (unpaired) electrons. The molecule has 0 amide bonds. The molecule has 4 N–H and O–H groups in total. The van der Waals surface area contributed by atoms with Gasteiger partial charge in [-0.3, -0.25) is 4.79 Å². The van der Waals surface area contributed by atoms with Crippen LogP contribution in [0.5, 0.6) is 0 Å². The highest BCUT2D eigenvalue weighted by Crippen LogP contribution is 2.30. The van der Waals surface area contributed by atoms with Gasteiger partial charge in [0.25, 0.3) is 5.56 Å². The molecule has 0 saturated heterocycles. The zero-order valence-electron chi connectivity index (χ0n) is 15.8. The highest BCUT2D eigenvalue weighted by atomic mass is 16.1. The zero-order valence-corrected chi connectivity index (χ0v) is 15.8. The van der Waals surface area contributed by atoms with Crippen molar-refractivity contribution < 1.29 is 0 Å². The van der Waals surface area contributed by atoms with E-state index in [-0.39, 0.29) is 5.56 Å². The number of aromatic amines is 2. The van der Waals surface area contributed by atoms with Crippen LogP contribution in [-0.4, -0.2) is 37.2 Å². The van der Waals surface area contributed by atoms with Gasteiger partial charge in [0, 0.05) is 24.2 Å². The molecule has 3 aromatic rings. The van der Waals surface area contributed by atoms with Crippen LogP contribution in [0.2, 0.25) is 0 Å². The predicted molar refractivity (Wildman–Crippen MR) is 110 cm³/mol. The standard InChI is InChI=1S/C20H25N7O/c1-12-23-16(20(28)24-12)8-14-11-22-27-18(21-10-13-6-7-13)9-17(26-19(14)27)25-15-4-2-3-5-15/h8-9,11,13,15,21,23H,1-7,10H2,(H,24,28)(H,25,26)/b16-8-. The average molecular weight is 379 g/mol. The largest absolute Gasteiger partial charge is 0.370 e. The van der Waals surface area contributed by atoms with Crippen LogP contribution >= 0.6 is 0 Å². The molecule has 146 valence electrons. The highest BCUT2D eigenvalue weighted by Gasteiger charge is 2.22. The van der Waals surface area contributed by atoms with Crippen molar-refractivity contribution in [2.45, 2.75) is 44.6 Å². The molecule has 0 unspecified atom stereocenters. The molecule has 3 aromatic heterocycles. The van der Waals surface area contributed by atoms with Crippen molar-refractivity contribution in [3.63, 3.8) is 0 Å².